The average Bonchev–Trinajstić information content (AvgIpc) is 3.53. The van der Waals surface area contributed by atoms with Gasteiger partial charge in [0.25, 0.3) is 5.91 Å². The summed E-state index contributed by atoms with van der Waals surface area (Å²) in [5, 5.41) is 15.1. The zero-order valence-electron chi connectivity index (χ0n) is 20.7. The maximum Gasteiger partial charge on any atom is 0.425 e. The summed E-state index contributed by atoms with van der Waals surface area (Å²) in [6, 6.07) is 13.7. The number of aliphatic hydroxyl groups is 1. The van der Waals surface area contributed by atoms with Gasteiger partial charge in [0.15, 0.2) is 5.82 Å². The number of rotatable bonds is 5. The molecule has 0 saturated heterocycles. The van der Waals surface area contributed by atoms with Gasteiger partial charge in [-0.1, -0.05) is 36.4 Å². The predicted molar refractivity (Wildman–Crippen MR) is 138 cm³/mol. The van der Waals surface area contributed by atoms with Gasteiger partial charge in [-0.2, -0.15) is 18.3 Å². The highest BCUT2D eigenvalue weighted by molar-refractivity contribution is 5.92. The highest BCUT2D eigenvalue weighted by Crippen LogP contribution is 2.57. The Kier molecular flexibility index (Phi) is 5.80. The number of fused-ring (bicyclic) bond motifs is 4. The van der Waals surface area contributed by atoms with Crippen molar-refractivity contribution in [2.45, 2.75) is 24.7 Å². The second-order valence-corrected chi connectivity index (χ2v) is 9.37. The van der Waals surface area contributed by atoms with Gasteiger partial charge in [-0.15, -0.1) is 0 Å². The molecular formula is C28H20F4N6O2. The number of nitrogens with one attached hydrogen (secondary N) is 2. The van der Waals surface area contributed by atoms with E-state index in [-0.39, 0.29) is 27.8 Å². The number of carbonyl (C=O) groups is 1. The van der Waals surface area contributed by atoms with E-state index in [1.807, 2.05) is 12.1 Å². The highest BCUT2D eigenvalue weighted by Gasteiger charge is 2.61. The number of alkyl halides is 3. The minimum atomic E-state index is -5.10. The molecule has 12 heteroatoms. The number of aromatic nitrogens is 4. The summed E-state index contributed by atoms with van der Waals surface area (Å²) in [5.74, 6) is -1.14. The Balaban J connectivity index is 1.30. The Bertz CT molecular complexity index is 1790. The lowest BCUT2D eigenvalue weighted by Gasteiger charge is -2.28. The lowest BCUT2D eigenvalue weighted by Crippen LogP contribution is -2.41. The molecule has 40 heavy (non-hydrogen) atoms. The van der Waals surface area contributed by atoms with Crippen LogP contribution in [0.15, 0.2) is 79.3 Å². The van der Waals surface area contributed by atoms with Crippen LogP contribution < -0.4 is 10.9 Å². The van der Waals surface area contributed by atoms with Crippen molar-refractivity contribution in [3.05, 3.63) is 96.2 Å². The van der Waals surface area contributed by atoms with Crippen molar-refractivity contribution < 1.29 is 27.5 Å². The molecular weight excluding hydrogens is 528 g/mol. The van der Waals surface area contributed by atoms with E-state index in [0.717, 1.165) is 6.07 Å². The number of para-hydroxylation sites is 2. The number of halogens is 4. The molecule has 5 aromatic rings. The summed E-state index contributed by atoms with van der Waals surface area (Å²) in [6.45, 7) is 1.56. The number of anilines is 1. The van der Waals surface area contributed by atoms with Crippen LogP contribution in [0.25, 0.3) is 33.3 Å². The van der Waals surface area contributed by atoms with Crippen LogP contribution >= 0.6 is 0 Å². The highest BCUT2D eigenvalue weighted by atomic mass is 19.4. The van der Waals surface area contributed by atoms with Crippen LogP contribution in [-0.4, -0.2) is 36.9 Å². The molecule has 1 aliphatic rings. The molecule has 2 heterocycles. The molecule has 0 bridgehead atoms. The van der Waals surface area contributed by atoms with Crippen LogP contribution in [0, 0.1) is 5.82 Å². The first-order chi connectivity index (χ1) is 19.1. The van der Waals surface area contributed by atoms with Crippen molar-refractivity contribution in [2.24, 2.45) is 0 Å². The molecule has 2 unspecified atom stereocenters. The summed E-state index contributed by atoms with van der Waals surface area (Å²) in [5.41, 5.74) is 2.75. The minimum Gasteiger partial charge on any atom is -0.372 e. The minimum absolute atomic E-state index is 0.0463. The van der Waals surface area contributed by atoms with Crippen molar-refractivity contribution in [2.75, 3.05) is 5.43 Å². The van der Waals surface area contributed by atoms with Crippen LogP contribution in [-0.2, 0) is 10.4 Å². The zero-order valence-corrected chi connectivity index (χ0v) is 20.7. The summed E-state index contributed by atoms with van der Waals surface area (Å²) in [7, 11) is 0. The van der Waals surface area contributed by atoms with Gasteiger partial charge in [-0.25, -0.2) is 9.37 Å². The van der Waals surface area contributed by atoms with E-state index in [1.165, 1.54) is 41.5 Å². The standard InChI is InChI=1S/C28H20F4N6O2/c1-15(26(39)37-36-24-13-33-22-8-4-5-9-23(22)35-24)38-14-16(12-34-38)19-10-17(29)11-21-25(19)18-6-2-3-7-20(18)27(21,40)28(30,31)32/h2-15,40H,1H3,(H,35,36)(H,37,39). The first kappa shape index (κ1) is 25.4. The third-order valence-corrected chi connectivity index (χ3v) is 6.94. The zero-order chi connectivity index (χ0) is 28.2. The molecule has 2 atom stereocenters. The second-order valence-electron chi connectivity index (χ2n) is 9.37. The van der Waals surface area contributed by atoms with Gasteiger partial charge in [0.05, 0.1) is 23.4 Å². The molecule has 1 aliphatic carbocycles. The number of carbonyl (C=O) groups excluding carboxylic acids is 1. The molecule has 0 fully saturated rings. The van der Waals surface area contributed by atoms with Crippen LogP contribution in [0.5, 0.6) is 0 Å². The second kappa shape index (κ2) is 9.12. The molecule has 8 nitrogen and oxygen atoms in total. The van der Waals surface area contributed by atoms with Crippen LogP contribution in [0.1, 0.15) is 24.1 Å². The fraction of sp³-hybridized carbons (Fsp3) is 0.143. The van der Waals surface area contributed by atoms with Crippen molar-refractivity contribution >= 4 is 22.8 Å². The Morgan fingerprint density at radius 1 is 1.00 bits per heavy atom. The molecule has 202 valence electrons. The predicted octanol–water partition coefficient (Wildman–Crippen LogP) is 5.12. The van der Waals surface area contributed by atoms with Gasteiger partial charge in [0, 0.05) is 22.9 Å². The number of nitrogens with zero attached hydrogens (tertiary/aromatic N) is 4. The van der Waals surface area contributed by atoms with Gasteiger partial charge in [-0.05, 0) is 47.9 Å². The van der Waals surface area contributed by atoms with E-state index in [9.17, 15) is 27.5 Å². The Morgan fingerprint density at radius 2 is 1.73 bits per heavy atom. The van der Waals surface area contributed by atoms with Gasteiger partial charge in [0.2, 0.25) is 5.60 Å². The quantitative estimate of drug-likeness (QED) is 0.208. The van der Waals surface area contributed by atoms with Gasteiger partial charge >= 0.3 is 6.18 Å². The molecule has 0 aliphatic heterocycles. The molecule has 2 aromatic heterocycles. The third kappa shape index (κ3) is 3.95. The van der Waals surface area contributed by atoms with Crippen LogP contribution in [0.4, 0.5) is 23.4 Å². The van der Waals surface area contributed by atoms with Gasteiger partial charge in [-0.3, -0.25) is 25.3 Å². The normalized spacial score (nSPS) is 16.9. The number of hydrogen-bond acceptors (Lipinski definition) is 6. The topological polar surface area (TPSA) is 105 Å². The largest absolute Gasteiger partial charge is 0.425 e. The molecule has 3 aromatic carbocycles. The lowest BCUT2D eigenvalue weighted by atomic mass is 9.89. The Labute approximate surface area is 224 Å². The molecule has 0 radical (unpaired) electrons. The fourth-order valence-electron chi connectivity index (χ4n) is 4.93. The summed E-state index contributed by atoms with van der Waals surface area (Å²) < 4.78 is 58.6. The maximum atomic E-state index is 14.7. The van der Waals surface area contributed by atoms with E-state index < -0.39 is 35.1 Å². The SMILES string of the molecule is CC(C(=O)NNc1cnc2ccccc2n1)n1cc(-c2cc(F)cc3c2-c2ccccc2C3(O)C(F)(F)F)cn1. The van der Waals surface area contributed by atoms with E-state index in [2.05, 4.69) is 25.9 Å². The first-order valence-electron chi connectivity index (χ1n) is 12.1. The summed E-state index contributed by atoms with van der Waals surface area (Å²) in [4.78, 5) is 21.5. The van der Waals surface area contributed by atoms with E-state index >= 15 is 0 Å². The molecule has 6 rings (SSSR count). The average molecular weight is 549 g/mol. The maximum absolute atomic E-state index is 14.7. The monoisotopic (exact) mass is 548 g/mol. The van der Waals surface area contributed by atoms with E-state index in [4.69, 9.17) is 0 Å². The van der Waals surface area contributed by atoms with Gasteiger partial charge < -0.3 is 5.11 Å². The fourth-order valence-corrected chi connectivity index (χ4v) is 4.93. The summed E-state index contributed by atoms with van der Waals surface area (Å²) in [6.07, 6.45) is -0.875. The first-order valence-corrected chi connectivity index (χ1v) is 12.1. The number of hydrogen-bond donors (Lipinski definition) is 3. The molecule has 0 spiro atoms. The number of benzene rings is 3. The van der Waals surface area contributed by atoms with Crippen molar-refractivity contribution in [1.82, 2.24) is 25.2 Å². The van der Waals surface area contributed by atoms with Crippen molar-refractivity contribution in [3.8, 4) is 22.3 Å². The molecule has 1 amide bonds. The smallest absolute Gasteiger partial charge is 0.372 e. The third-order valence-electron chi connectivity index (χ3n) is 6.94. The number of hydrazine groups is 1. The Morgan fingerprint density at radius 3 is 2.50 bits per heavy atom. The van der Waals surface area contributed by atoms with E-state index in [1.54, 1.807) is 25.1 Å². The molecule has 3 N–H and O–H groups in total. The molecule has 0 saturated carbocycles. The van der Waals surface area contributed by atoms with Crippen LogP contribution in [0.2, 0.25) is 0 Å². The summed E-state index contributed by atoms with van der Waals surface area (Å²) >= 11 is 0. The number of amides is 1. The lowest BCUT2D eigenvalue weighted by molar-refractivity contribution is -0.246. The van der Waals surface area contributed by atoms with Crippen LogP contribution in [0.3, 0.4) is 0 Å². The van der Waals surface area contributed by atoms with Crippen molar-refractivity contribution in [3.63, 3.8) is 0 Å². The Hall–Kier alpha value is -4.84. The van der Waals surface area contributed by atoms with Crippen molar-refractivity contribution in [1.29, 1.82) is 0 Å². The van der Waals surface area contributed by atoms with Gasteiger partial charge in [0.1, 0.15) is 11.9 Å². The van der Waals surface area contributed by atoms with E-state index in [0.29, 0.717) is 22.9 Å².